The van der Waals surface area contributed by atoms with E-state index < -0.39 is 5.97 Å². The number of carbonyl (C=O) groups is 1. The van der Waals surface area contributed by atoms with Gasteiger partial charge in [-0.3, -0.25) is 0 Å². The van der Waals surface area contributed by atoms with E-state index in [4.69, 9.17) is 14.7 Å². The molecule has 3 rings (SSSR count). The number of nitriles is 1. The van der Waals surface area contributed by atoms with E-state index in [0.29, 0.717) is 22.4 Å². The van der Waals surface area contributed by atoms with E-state index in [1.54, 1.807) is 61.7 Å². The Hall–Kier alpha value is -3.39. The summed E-state index contributed by atoms with van der Waals surface area (Å²) in [6.07, 6.45) is 1.59. The van der Waals surface area contributed by atoms with Crippen LogP contribution in [0.1, 0.15) is 16.7 Å². The van der Waals surface area contributed by atoms with Gasteiger partial charge >= 0.3 is 5.97 Å². The van der Waals surface area contributed by atoms with Crippen molar-refractivity contribution in [1.82, 2.24) is 0 Å². The fraction of sp³-hybridized carbons (Fsp3) is 0.0556. The second kappa shape index (κ2) is 6.16. The van der Waals surface area contributed by atoms with E-state index >= 15 is 0 Å². The largest absolute Gasteiger partial charge is 0.497 e. The van der Waals surface area contributed by atoms with Crippen LogP contribution in [-0.2, 0) is 9.53 Å². The summed E-state index contributed by atoms with van der Waals surface area (Å²) in [7, 11) is 1.56. The SMILES string of the molecule is COc1cccc(C2=N/C(=C\c3cccc(C#N)c3)C(=O)O2)c1. The molecule has 2 aromatic carbocycles. The molecule has 5 nitrogen and oxygen atoms in total. The molecule has 1 heterocycles. The molecule has 1 aliphatic rings. The molecular formula is C18H12N2O3. The summed E-state index contributed by atoms with van der Waals surface area (Å²) in [5.74, 6) is 0.363. The number of hydrogen-bond acceptors (Lipinski definition) is 5. The van der Waals surface area contributed by atoms with Gasteiger partial charge in [0.1, 0.15) is 5.75 Å². The van der Waals surface area contributed by atoms with Crippen LogP contribution in [0.3, 0.4) is 0 Å². The molecule has 2 aromatic rings. The van der Waals surface area contributed by atoms with E-state index in [0.717, 1.165) is 0 Å². The van der Waals surface area contributed by atoms with Crippen molar-refractivity contribution in [3.63, 3.8) is 0 Å². The van der Waals surface area contributed by atoms with E-state index in [1.807, 2.05) is 0 Å². The molecule has 112 valence electrons. The summed E-state index contributed by atoms with van der Waals surface area (Å²) < 4.78 is 10.4. The van der Waals surface area contributed by atoms with Crippen LogP contribution in [0.5, 0.6) is 5.75 Å². The fourth-order valence-corrected chi connectivity index (χ4v) is 2.14. The van der Waals surface area contributed by atoms with Gasteiger partial charge in [0.2, 0.25) is 5.90 Å². The number of rotatable bonds is 3. The predicted octanol–water partition coefficient (Wildman–Crippen LogP) is 2.91. The summed E-state index contributed by atoms with van der Waals surface area (Å²) in [6, 6.07) is 16.1. The molecular weight excluding hydrogens is 292 g/mol. The van der Waals surface area contributed by atoms with E-state index in [1.165, 1.54) is 0 Å². The van der Waals surface area contributed by atoms with Gasteiger partial charge in [-0.25, -0.2) is 9.79 Å². The quantitative estimate of drug-likeness (QED) is 0.645. The zero-order valence-corrected chi connectivity index (χ0v) is 12.3. The van der Waals surface area contributed by atoms with Crippen LogP contribution in [0, 0.1) is 11.3 Å². The first-order chi connectivity index (χ1) is 11.2. The van der Waals surface area contributed by atoms with Crippen LogP contribution in [0.4, 0.5) is 0 Å². The second-order valence-electron chi connectivity index (χ2n) is 4.81. The summed E-state index contributed by atoms with van der Waals surface area (Å²) >= 11 is 0. The molecule has 0 unspecified atom stereocenters. The molecule has 23 heavy (non-hydrogen) atoms. The van der Waals surface area contributed by atoms with Crippen molar-refractivity contribution in [3.8, 4) is 11.8 Å². The molecule has 0 N–H and O–H groups in total. The monoisotopic (exact) mass is 304 g/mol. The van der Waals surface area contributed by atoms with Gasteiger partial charge in [-0.05, 0) is 42.0 Å². The lowest BCUT2D eigenvalue weighted by molar-refractivity contribution is -0.129. The van der Waals surface area contributed by atoms with Crippen LogP contribution in [0.2, 0.25) is 0 Å². The zero-order chi connectivity index (χ0) is 16.2. The van der Waals surface area contributed by atoms with Crippen LogP contribution in [0.15, 0.2) is 59.2 Å². The molecule has 0 saturated heterocycles. The minimum absolute atomic E-state index is 0.193. The third kappa shape index (κ3) is 3.11. The van der Waals surface area contributed by atoms with Crippen molar-refractivity contribution in [1.29, 1.82) is 5.26 Å². The third-order valence-electron chi connectivity index (χ3n) is 3.26. The molecule has 0 fully saturated rings. The lowest BCUT2D eigenvalue weighted by Gasteiger charge is -2.02. The van der Waals surface area contributed by atoms with Crippen LogP contribution >= 0.6 is 0 Å². The highest BCUT2D eigenvalue weighted by Gasteiger charge is 2.24. The summed E-state index contributed by atoms with van der Waals surface area (Å²) in [5, 5.41) is 8.91. The minimum Gasteiger partial charge on any atom is -0.497 e. The van der Waals surface area contributed by atoms with Gasteiger partial charge in [0.15, 0.2) is 5.70 Å². The first-order valence-corrected chi connectivity index (χ1v) is 6.87. The molecule has 0 radical (unpaired) electrons. The number of cyclic esters (lactones) is 1. The molecule has 0 amide bonds. The normalized spacial score (nSPS) is 15.0. The van der Waals surface area contributed by atoms with Gasteiger partial charge in [-0.1, -0.05) is 18.2 Å². The molecule has 0 atom stereocenters. The number of carbonyl (C=O) groups excluding carboxylic acids is 1. The van der Waals surface area contributed by atoms with Crippen LogP contribution < -0.4 is 4.74 Å². The average molecular weight is 304 g/mol. The summed E-state index contributed by atoms with van der Waals surface area (Å²) in [5.41, 5.74) is 2.08. The first kappa shape index (κ1) is 14.5. The molecule has 0 bridgehead atoms. The van der Waals surface area contributed by atoms with Gasteiger partial charge in [-0.15, -0.1) is 0 Å². The Balaban J connectivity index is 1.94. The Kier molecular flexibility index (Phi) is 3.89. The highest BCUT2D eigenvalue weighted by Crippen LogP contribution is 2.21. The van der Waals surface area contributed by atoms with E-state index in [2.05, 4.69) is 11.1 Å². The molecule has 1 aliphatic heterocycles. The van der Waals surface area contributed by atoms with Crippen molar-refractivity contribution in [2.75, 3.05) is 7.11 Å². The fourth-order valence-electron chi connectivity index (χ4n) is 2.14. The van der Waals surface area contributed by atoms with E-state index in [9.17, 15) is 4.79 Å². The third-order valence-corrected chi connectivity index (χ3v) is 3.26. The number of esters is 1. The first-order valence-electron chi connectivity index (χ1n) is 6.87. The number of methoxy groups -OCH3 is 1. The van der Waals surface area contributed by atoms with Crippen LogP contribution in [0.25, 0.3) is 6.08 Å². The Labute approximate surface area is 133 Å². The number of benzene rings is 2. The number of ether oxygens (including phenoxy) is 2. The Morgan fingerprint density at radius 3 is 2.83 bits per heavy atom. The van der Waals surface area contributed by atoms with Gasteiger partial charge in [-0.2, -0.15) is 5.26 Å². The van der Waals surface area contributed by atoms with Crippen molar-refractivity contribution in [3.05, 3.63) is 70.9 Å². The lowest BCUT2D eigenvalue weighted by Crippen LogP contribution is -2.05. The van der Waals surface area contributed by atoms with Gasteiger partial charge in [0.25, 0.3) is 0 Å². The summed E-state index contributed by atoms with van der Waals surface area (Å²) in [4.78, 5) is 16.2. The maximum atomic E-state index is 12.0. The van der Waals surface area contributed by atoms with Gasteiger partial charge in [0.05, 0.1) is 18.7 Å². The van der Waals surface area contributed by atoms with Crippen molar-refractivity contribution < 1.29 is 14.3 Å². The number of aliphatic imine (C=N–C) groups is 1. The molecule has 0 aromatic heterocycles. The second-order valence-corrected chi connectivity index (χ2v) is 4.81. The summed E-state index contributed by atoms with van der Waals surface area (Å²) in [6.45, 7) is 0. The highest BCUT2D eigenvalue weighted by atomic mass is 16.6. The Morgan fingerprint density at radius 1 is 1.22 bits per heavy atom. The Morgan fingerprint density at radius 2 is 2.04 bits per heavy atom. The smallest absolute Gasteiger partial charge is 0.363 e. The van der Waals surface area contributed by atoms with Gasteiger partial charge in [0, 0.05) is 5.56 Å². The zero-order valence-electron chi connectivity index (χ0n) is 12.3. The van der Waals surface area contributed by atoms with Crippen molar-refractivity contribution in [2.24, 2.45) is 4.99 Å². The lowest BCUT2D eigenvalue weighted by atomic mass is 10.1. The maximum absolute atomic E-state index is 12.0. The minimum atomic E-state index is -0.523. The number of nitrogens with zero attached hydrogens (tertiary/aromatic N) is 2. The molecule has 0 saturated carbocycles. The molecule has 5 heteroatoms. The molecule has 0 spiro atoms. The maximum Gasteiger partial charge on any atom is 0.363 e. The molecule has 0 aliphatic carbocycles. The standard InChI is InChI=1S/C18H12N2O3/c1-22-15-7-3-6-14(10-15)17-20-16(18(21)23-17)9-12-4-2-5-13(8-12)11-19/h2-10H,1H3/b16-9-. The van der Waals surface area contributed by atoms with Crippen molar-refractivity contribution in [2.45, 2.75) is 0 Å². The predicted molar refractivity (Wildman–Crippen MR) is 84.8 cm³/mol. The Bertz CT molecular complexity index is 876. The average Bonchev–Trinajstić information content (AvgIpc) is 2.96. The topological polar surface area (TPSA) is 71.7 Å². The van der Waals surface area contributed by atoms with Gasteiger partial charge < -0.3 is 9.47 Å². The van der Waals surface area contributed by atoms with Crippen molar-refractivity contribution >= 4 is 17.9 Å². The highest BCUT2D eigenvalue weighted by molar-refractivity contribution is 6.12. The van der Waals surface area contributed by atoms with Crippen LogP contribution in [-0.4, -0.2) is 19.0 Å². The number of hydrogen-bond donors (Lipinski definition) is 0. The van der Waals surface area contributed by atoms with E-state index in [-0.39, 0.29) is 11.6 Å².